The zero-order valence-electron chi connectivity index (χ0n) is 19.5. The van der Waals surface area contributed by atoms with Gasteiger partial charge in [-0.25, -0.2) is 4.98 Å². The second-order valence-electron chi connectivity index (χ2n) is 8.60. The van der Waals surface area contributed by atoms with Gasteiger partial charge in [-0.2, -0.15) is 4.37 Å². The van der Waals surface area contributed by atoms with Crippen LogP contribution >= 0.6 is 11.5 Å². The van der Waals surface area contributed by atoms with E-state index in [0.29, 0.717) is 51.9 Å². The van der Waals surface area contributed by atoms with Crippen LogP contribution in [0.15, 0.2) is 24.3 Å². The van der Waals surface area contributed by atoms with E-state index < -0.39 is 0 Å². The molecule has 1 amide bonds. The van der Waals surface area contributed by atoms with Gasteiger partial charge in [0.05, 0.1) is 12.5 Å². The molecular formula is C24H34N4O3S. The predicted molar refractivity (Wildman–Crippen MR) is 127 cm³/mol. The lowest BCUT2D eigenvalue weighted by Crippen LogP contribution is -2.42. The molecule has 0 unspecified atom stereocenters. The van der Waals surface area contributed by atoms with Crippen molar-refractivity contribution in [2.75, 3.05) is 31.1 Å². The first-order valence-corrected chi connectivity index (χ1v) is 12.2. The number of ether oxygens (including phenoxy) is 1. The van der Waals surface area contributed by atoms with E-state index in [-0.39, 0.29) is 23.8 Å². The Bertz CT molecular complexity index is 889. The minimum absolute atomic E-state index is 0.0838. The molecule has 1 aromatic carbocycles. The van der Waals surface area contributed by atoms with Crippen molar-refractivity contribution in [3.05, 3.63) is 41.2 Å². The van der Waals surface area contributed by atoms with Crippen LogP contribution in [0.2, 0.25) is 0 Å². The largest absolute Gasteiger partial charge is 0.466 e. The normalized spacial score (nSPS) is 14.6. The molecule has 174 valence electrons. The molecule has 1 aliphatic rings. The van der Waals surface area contributed by atoms with Crippen LogP contribution in [0.4, 0.5) is 5.13 Å². The lowest BCUT2D eigenvalue weighted by molar-refractivity contribution is -0.151. The quantitative estimate of drug-likeness (QED) is 0.532. The van der Waals surface area contributed by atoms with E-state index in [0.717, 1.165) is 11.0 Å². The highest BCUT2D eigenvalue weighted by Crippen LogP contribution is 2.23. The summed E-state index contributed by atoms with van der Waals surface area (Å²) in [5, 5.41) is 0.857. The molecule has 0 radical (unpaired) electrons. The lowest BCUT2D eigenvalue weighted by Gasteiger charge is -2.32. The van der Waals surface area contributed by atoms with Gasteiger partial charge in [0.15, 0.2) is 0 Å². The van der Waals surface area contributed by atoms with Crippen LogP contribution in [0, 0.1) is 12.8 Å². The van der Waals surface area contributed by atoms with Crippen molar-refractivity contribution in [3.8, 4) is 0 Å². The van der Waals surface area contributed by atoms with Crippen molar-refractivity contribution in [2.24, 2.45) is 5.92 Å². The molecule has 0 aliphatic carbocycles. The van der Waals surface area contributed by atoms with Gasteiger partial charge in [-0.05, 0) is 46.1 Å². The number of benzene rings is 1. The Balaban J connectivity index is 1.52. The Kier molecular flexibility index (Phi) is 8.61. The first-order valence-electron chi connectivity index (χ1n) is 11.5. The van der Waals surface area contributed by atoms with Crippen molar-refractivity contribution in [3.63, 3.8) is 0 Å². The fraction of sp³-hybridized carbons (Fsp3) is 0.583. The van der Waals surface area contributed by atoms with E-state index in [1.807, 2.05) is 11.8 Å². The van der Waals surface area contributed by atoms with Crippen LogP contribution in [0.5, 0.6) is 0 Å². The van der Waals surface area contributed by atoms with Crippen molar-refractivity contribution in [2.45, 2.75) is 59.4 Å². The number of amides is 1. The van der Waals surface area contributed by atoms with Crippen LogP contribution in [-0.4, -0.2) is 58.4 Å². The average molecular weight is 459 g/mol. The van der Waals surface area contributed by atoms with Gasteiger partial charge < -0.3 is 14.5 Å². The van der Waals surface area contributed by atoms with Gasteiger partial charge in [-0.3, -0.25) is 9.59 Å². The maximum absolute atomic E-state index is 12.8. The molecule has 2 heterocycles. The zero-order valence-corrected chi connectivity index (χ0v) is 20.4. The second kappa shape index (κ2) is 11.4. The summed E-state index contributed by atoms with van der Waals surface area (Å²) in [5.41, 5.74) is 2.43. The molecule has 0 spiro atoms. The summed E-state index contributed by atoms with van der Waals surface area (Å²) in [4.78, 5) is 33.5. The van der Waals surface area contributed by atoms with Crippen molar-refractivity contribution >= 4 is 28.5 Å². The number of carbonyl (C=O) groups is 2. The first-order chi connectivity index (χ1) is 15.4. The van der Waals surface area contributed by atoms with E-state index in [1.165, 1.54) is 22.7 Å². The number of piperidine rings is 1. The number of hydrogen-bond acceptors (Lipinski definition) is 7. The highest BCUT2D eigenvalue weighted by atomic mass is 32.1. The minimum atomic E-state index is -0.136. The Labute approximate surface area is 194 Å². The molecule has 1 saturated heterocycles. The summed E-state index contributed by atoms with van der Waals surface area (Å²) in [6, 6.07) is 8.64. The van der Waals surface area contributed by atoms with Gasteiger partial charge in [0.25, 0.3) is 0 Å². The summed E-state index contributed by atoms with van der Waals surface area (Å²) in [6.07, 6.45) is 2.49. The fourth-order valence-corrected chi connectivity index (χ4v) is 4.74. The highest BCUT2D eigenvalue weighted by Gasteiger charge is 2.28. The van der Waals surface area contributed by atoms with E-state index >= 15 is 0 Å². The van der Waals surface area contributed by atoms with Crippen LogP contribution in [0.3, 0.4) is 0 Å². The fourth-order valence-electron chi connectivity index (χ4n) is 3.90. The molecule has 0 saturated carbocycles. The Morgan fingerprint density at radius 3 is 2.53 bits per heavy atom. The van der Waals surface area contributed by atoms with Crippen LogP contribution in [-0.2, 0) is 20.7 Å². The molecule has 1 aromatic heterocycles. The number of nitrogens with zero attached hydrogens (tertiary/aromatic N) is 4. The van der Waals surface area contributed by atoms with Gasteiger partial charge >= 0.3 is 5.97 Å². The smallest absolute Gasteiger partial charge is 0.309 e. The molecule has 32 heavy (non-hydrogen) atoms. The van der Waals surface area contributed by atoms with Crippen LogP contribution < -0.4 is 4.90 Å². The third kappa shape index (κ3) is 6.51. The monoisotopic (exact) mass is 458 g/mol. The van der Waals surface area contributed by atoms with Crippen molar-refractivity contribution in [1.29, 1.82) is 0 Å². The van der Waals surface area contributed by atoms with E-state index in [9.17, 15) is 9.59 Å². The molecule has 0 atom stereocenters. The molecular weight excluding hydrogens is 424 g/mol. The van der Waals surface area contributed by atoms with Gasteiger partial charge in [0, 0.05) is 50.1 Å². The van der Waals surface area contributed by atoms with Crippen molar-refractivity contribution < 1.29 is 14.3 Å². The summed E-state index contributed by atoms with van der Waals surface area (Å²) in [6.45, 7) is 10.3. The number of carbonyl (C=O) groups excluding carboxylic acids is 2. The predicted octanol–water partition coefficient (Wildman–Crippen LogP) is 3.84. The number of aryl methyl sites for hydroxylation is 1. The number of aromatic nitrogens is 2. The standard InChI is InChI=1S/C24H34N4O3S/c1-5-31-23(30)20-10-13-27(14-11-20)22(29)12-15-28(17(2)3)24-25-21(26-32-24)16-19-8-6-18(4)7-9-19/h6-9,17,20H,5,10-16H2,1-4H3. The summed E-state index contributed by atoms with van der Waals surface area (Å²) in [5.74, 6) is 0.719. The molecule has 0 bridgehead atoms. The average Bonchev–Trinajstić information content (AvgIpc) is 3.23. The number of rotatable bonds is 9. The molecule has 1 fully saturated rings. The maximum Gasteiger partial charge on any atom is 0.309 e. The van der Waals surface area contributed by atoms with Gasteiger partial charge in [-0.1, -0.05) is 29.8 Å². The van der Waals surface area contributed by atoms with E-state index in [2.05, 4.69) is 54.3 Å². The SMILES string of the molecule is CCOC(=O)C1CCN(C(=O)CCN(c2nc(Cc3ccc(C)cc3)ns2)C(C)C)CC1. The maximum atomic E-state index is 12.8. The molecule has 0 N–H and O–H groups in total. The van der Waals surface area contributed by atoms with Crippen LogP contribution in [0.1, 0.15) is 57.0 Å². The third-order valence-corrected chi connectivity index (χ3v) is 6.63. The molecule has 3 rings (SSSR count). The molecule has 8 heteroatoms. The Hall–Kier alpha value is -2.48. The lowest BCUT2D eigenvalue weighted by atomic mass is 9.97. The van der Waals surface area contributed by atoms with Crippen LogP contribution in [0.25, 0.3) is 0 Å². The Morgan fingerprint density at radius 1 is 1.22 bits per heavy atom. The van der Waals surface area contributed by atoms with E-state index in [4.69, 9.17) is 9.72 Å². The second-order valence-corrected chi connectivity index (χ2v) is 9.33. The summed E-state index contributed by atoms with van der Waals surface area (Å²) in [7, 11) is 0. The zero-order chi connectivity index (χ0) is 23.1. The third-order valence-electron chi connectivity index (χ3n) is 5.84. The minimum Gasteiger partial charge on any atom is -0.466 e. The number of esters is 1. The highest BCUT2D eigenvalue weighted by molar-refractivity contribution is 7.09. The van der Waals surface area contributed by atoms with Gasteiger partial charge in [-0.15, -0.1) is 0 Å². The first kappa shape index (κ1) is 24.2. The molecule has 7 nitrogen and oxygen atoms in total. The summed E-state index contributed by atoms with van der Waals surface area (Å²) < 4.78 is 9.66. The van der Waals surface area contributed by atoms with Crippen molar-refractivity contribution in [1.82, 2.24) is 14.3 Å². The van der Waals surface area contributed by atoms with Gasteiger partial charge in [0.1, 0.15) is 5.82 Å². The number of likely N-dealkylation sites (tertiary alicyclic amines) is 1. The van der Waals surface area contributed by atoms with Gasteiger partial charge in [0.2, 0.25) is 11.0 Å². The molecule has 2 aromatic rings. The van der Waals surface area contributed by atoms with E-state index in [1.54, 1.807) is 0 Å². The molecule has 1 aliphatic heterocycles. The Morgan fingerprint density at radius 2 is 1.91 bits per heavy atom. The summed E-state index contributed by atoms with van der Waals surface area (Å²) >= 11 is 1.39. The topological polar surface area (TPSA) is 75.6 Å². The number of anilines is 1. The number of hydrogen-bond donors (Lipinski definition) is 0.